The lowest BCUT2D eigenvalue weighted by Crippen LogP contribution is -2.14. The molecule has 1 atom stereocenters. The third-order valence-corrected chi connectivity index (χ3v) is 2.79. The van der Waals surface area contributed by atoms with Crippen molar-refractivity contribution < 1.29 is 5.11 Å². The molecule has 16 heavy (non-hydrogen) atoms. The van der Waals surface area contributed by atoms with E-state index < -0.39 is 6.10 Å². The molecule has 0 radical (unpaired) electrons. The highest BCUT2D eigenvalue weighted by molar-refractivity contribution is 5.83. The molecule has 0 saturated heterocycles. The molecule has 84 valence electrons. The van der Waals surface area contributed by atoms with Gasteiger partial charge in [0.25, 0.3) is 5.56 Å². The van der Waals surface area contributed by atoms with Gasteiger partial charge in [-0.25, -0.2) is 0 Å². The second-order valence-electron chi connectivity index (χ2n) is 4.27. The van der Waals surface area contributed by atoms with E-state index in [1.807, 2.05) is 19.9 Å². The summed E-state index contributed by atoms with van der Waals surface area (Å²) in [4.78, 5) is 14.5. The third-order valence-electron chi connectivity index (χ3n) is 2.79. The Kier molecular flexibility index (Phi) is 2.56. The topological polar surface area (TPSA) is 53.1 Å². The van der Waals surface area contributed by atoms with Crippen molar-refractivity contribution >= 4 is 10.9 Å². The van der Waals surface area contributed by atoms with Gasteiger partial charge in [-0.15, -0.1) is 0 Å². The number of aromatic amines is 1. The van der Waals surface area contributed by atoms with Crippen molar-refractivity contribution in [3.8, 4) is 0 Å². The van der Waals surface area contributed by atoms with Crippen molar-refractivity contribution in [2.45, 2.75) is 26.9 Å². The number of nitrogens with one attached hydrogen (secondary N) is 1. The van der Waals surface area contributed by atoms with Gasteiger partial charge in [0.05, 0.1) is 6.10 Å². The highest BCUT2D eigenvalue weighted by Gasteiger charge is 2.09. The predicted octanol–water partition coefficient (Wildman–Crippen LogP) is 2.20. The fourth-order valence-corrected chi connectivity index (χ4v) is 2.00. The second kappa shape index (κ2) is 3.76. The van der Waals surface area contributed by atoms with Gasteiger partial charge < -0.3 is 10.1 Å². The molecule has 0 spiro atoms. The Labute approximate surface area is 93.7 Å². The highest BCUT2D eigenvalue weighted by atomic mass is 16.3. The second-order valence-corrected chi connectivity index (χ2v) is 4.27. The molecule has 1 heterocycles. The van der Waals surface area contributed by atoms with Crippen LogP contribution in [0.15, 0.2) is 23.0 Å². The number of aliphatic hydroxyl groups is 1. The van der Waals surface area contributed by atoms with Crippen LogP contribution in [0.25, 0.3) is 10.9 Å². The van der Waals surface area contributed by atoms with E-state index in [9.17, 15) is 9.90 Å². The van der Waals surface area contributed by atoms with Crippen molar-refractivity contribution in [2.75, 3.05) is 0 Å². The molecule has 0 aliphatic rings. The molecular formula is C13H15NO2. The van der Waals surface area contributed by atoms with Gasteiger partial charge in [-0.1, -0.05) is 6.07 Å². The molecule has 2 aromatic rings. The molecule has 0 aliphatic heterocycles. The van der Waals surface area contributed by atoms with Gasteiger partial charge in [-0.05, 0) is 44.0 Å². The quantitative estimate of drug-likeness (QED) is 0.769. The molecule has 3 nitrogen and oxygen atoms in total. The van der Waals surface area contributed by atoms with Crippen LogP contribution in [-0.2, 0) is 0 Å². The molecule has 0 saturated carbocycles. The Morgan fingerprint density at radius 3 is 2.56 bits per heavy atom. The van der Waals surface area contributed by atoms with E-state index in [-0.39, 0.29) is 5.56 Å². The first-order chi connectivity index (χ1) is 7.49. The molecule has 0 aliphatic carbocycles. The van der Waals surface area contributed by atoms with Crippen LogP contribution in [0.4, 0.5) is 0 Å². The van der Waals surface area contributed by atoms with Crippen LogP contribution in [0.1, 0.15) is 29.7 Å². The first-order valence-electron chi connectivity index (χ1n) is 5.31. The summed E-state index contributed by atoms with van der Waals surface area (Å²) in [6, 6.07) is 5.77. The van der Waals surface area contributed by atoms with Crippen molar-refractivity contribution in [2.24, 2.45) is 0 Å². The normalized spacial score (nSPS) is 13.0. The summed E-state index contributed by atoms with van der Waals surface area (Å²) in [6.07, 6.45) is -0.742. The number of fused-ring (bicyclic) bond motifs is 1. The summed E-state index contributed by atoms with van der Waals surface area (Å²) in [5, 5.41) is 10.5. The molecule has 1 unspecified atom stereocenters. The van der Waals surface area contributed by atoms with Gasteiger partial charge in [-0.2, -0.15) is 0 Å². The van der Waals surface area contributed by atoms with Crippen LogP contribution in [0.3, 0.4) is 0 Å². The Morgan fingerprint density at radius 1 is 1.25 bits per heavy atom. The number of aliphatic hydroxyl groups excluding tert-OH is 1. The molecular weight excluding hydrogens is 202 g/mol. The average Bonchev–Trinajstić information content (AvgIpc) is 2.15. The van der Waals surface area contributed by atoms with Crippen LogP contribution >= 0.6 is 0 Å². The van der Waals surface area contributed by atoms with E-state index >= 15 is 0 Å². The van der Waals surface area contributed by atoms with E-state index in [1.165, 1.54) is 0 Å². The molecule has 3 heteroatoms. The molecule has 2 N–H and O–H groups in total. The van der Waals surface area contributed by atoms with E-state index in [1.54, 1.807) is 13.0 Å². The monoisotopic (exact) mass is 217 g/mol. The summed E-state index contributed by atoms with van der Waals surface area (Å²) in [5.41, 5.74) is 3.25. The first-order valence-corrected chi connectivity index (χ1v) is 5.31. The fourth-order valence-electron chi connectivity index (χ4n) is 2.00. The molecule has 0 bridgehead atoms. The Balaban J connectivity index is 2.85. The number of pyridine rings is 1. The minimum absolute atomic E-state index is 0.215. The first kappa shape index (κ1) is 10.9. The van der Waals surface area contributed by atoms with Gasteiger partial charge in [0, 0.05) is 16.5 Å². The Bertz CT molecular complexity index is 597. The van der Waals surface area contributed by atoms with E-state index in [4.69, 9.17) is 0 Å². The van der Waals surface area contributed by atoms with Crippen LogP contribution in [0, 0.1) is 13.8 Å². The summed E-state index contributed by atoms with van der Waals surface area (Å²) in [5.74, 6) is 0. The van der Waals surface area contributed by atoms with E-state index in [0.717, 1.165) is 22.0 Å². The maximum absolute atomic E-state index is 11.7. The molecule has 0 amide bonds. The van der Waals surface area contributed by atoms with Gasteiger partial charge in [-0.3, -0.25) is 4.79 Å². The van der Waals surface area contributed by atoms with Gasteiger partial charge in [0.2, 0.25) is 0 Å². The van der Waals surface area contributed by atoms with Gasteiger partial charge >= 0.3 is 0 Å². The van der Waals surface area contributed by atoms with Crippen molar-refractivity contribution in [1.82, 2.24) is 4.98 Å². The lowest BCUT2D eigenvalue weighted by Gasteiger charge is -2.08. The van der Waals surface area contributed by atoms with Gasteiger partial charge in [0.1, 0.15) is 0 Å². The fraction of sp³-hybridized carbons (Fsp3) is 0.308. The largest absolute Gasteiger partial charge is 0.388 e. The van der Waals surface area contributed by atoms with Gasteiger partial charge in [0.15, 0.2) is 0 Å². The maximum atomic E-state index is 11.7. The number of aromatic nitrogens is 1. The standard InChI is InChI=1S/C13H15NO2/c1-7-4-8(2)10-6-11(9(3)15)13(16)14-12(10)5-7/h4-6,9,15H,1-3H3,(H,14,16). The van der Waals surface area contributed by atoms with Crippen molar-refractivity contribution in [3.63, 3.8) is 0 Å². The summed E-state index contributed by atoms with van der Waals surface area (Å²) in [6.45, 7) is 5.59. The zero-order valence-electron chi connectivity index (χ0n) is 9.66. The number of H-pyrrole nitrogens is 1. The Morgan fingerprint density at radius 2 is 1.94 bits per heavy atom. The van der Waals surface area contributed by atoms with Crippen LogP contribution < -0.4 is 5.56 Å². The third kappa shape index (κ3) is 1.74. The Hall–Kier alpha value is -1.61. The van der Waals surface area contributed by atoms with Crippen LogP contribution in [0.2, 0.25) is 0 Å². The van der Waals surface area contributed by atoms with Crippen molar-refractivity contribution in [1.29, 1.82) is 0 Å². The number of rotatable bonds is 1. The predicted molar refractivity (Wildman–Crippen MR) is 64.7 cm³/mol. The van der Waals surface area contributed by atoms with E-state index in [0.29, 0.717) is 5.56 Å². The number of aryl methyl sites for hydroxylation is 2. The molecule has 2 rings (SSSR count). The highest BCUT2D eigenvalue weighted by Crippen LogP contribution is 2.20. The molecule has 0 fully saturated rings. The summed E-state index contributed by atoms with van der Waals surface area (Å²) in [7, 11) is 0. The number of hydrogen-bond acceptors (Lipinski definition) is 2. The van der Waals surface area contributed by atoms with Crippen molar-refractivity contribution in [3.05, 3.63) is 45.2 Å². The molecule has 1 aromatic carbocycles. The number of hydrogen-bond donors (Lipinski definition) is 2. The summed E-state index contributed by atoms with van der Waals surface area (Å²) >= 11 is 0. The van der Waals surface area contributed by atoms with Crippen LogP contribution in [-0.4, -0.2) is 10.1 Å². The molecule has 1 aromatic heterocycles. The average molecular weight is 217 g/mol. The van der Waals surface area contributed by atoms with Crippen LogP contribution in [0.5, 0.6) is 0 Å². The minimum Gasteiger partial charge on any atom is -0.388 e. The summed E-state index contributed by atoms with van der Waals surface area (Å²) < 4.78 is 0. The minimum atomic E-state index is -0.742. The lowest BCUT2D eigenvalue weighted by molar-refractivity contribution is 0.198. The smallest absolute Gasteiger partial charge is 0.254 e. The number of benzene rings is 1. The zero-order chi connectivity index (χ0) is 11.9. The van der Waals surface area contributed by atoms with E-state index in [2.05, 4.69) is 11.1 Å². The zero-order valence-corrected chi connectivity index (χ0v) is 9.66. The SMILES string of the molecule is Cc1cc(C)c2cc(C(C)O)c(=O)[nH]c2c1. The lowest BCUT2D eigenvalue weighted by atomic mass is 10.0. The maximum Gasteiger partial charge on any atom is 0.254 e.